The SMILES string of the molecule is CCCCC/C=C/CCCCCCCC(=O)OC[C@H](COP(=O)(O)OC[C@H](N)C(=O)O)OC(=O)CCCCCCCCCCCCCCCCCCCC. The smallest absolute Gasteiger partial charge is 0.472 e. The molecule has 0 amide bonds. The number of carbonyl (C=O) groups excluding carboxylic acids is 2. The molecule has 0 aromatic heterocycles. The molecule has 0 saturated carbocycles. The highest BCUT2D eigenvalue weighted by Gasteiger charge is 2.28. The summed E-state index contributed by atoms with van der Waals surface area (Å²) in [6, 6.07) is -1.52. The molecular weight excluding hydrogens is 709 g/mol. The largest absolute Gasteiger partial charge is 0.480 e. The monoisotopic (exact) mass is 790 g/mol. The van der Waals surface area contributed by atoms with Crippen molar-refractivity contribution in [2.75, 3.05) is 19.8 Å². The van der Waals surface area contributed by atoms with Crippen LogP contribution in [0.5, 0.6) is 0 Å². The van der Waals surface area contributed by atoms with Crippen molar-refractivity contribution in [1.82, 2.24) is 0 Å². The van der Waals surface area contributed by atoms with E-state index in [1.54, 1.807) is 0 Å². The van der Waals surface area contributed by atoms with Gasteiger partial charge in [-0.3, -0.25) is 23.4 Å². The lowest BCUT2D eigenvalue weighted by Crippen LogP contribution is -2.34. The van der Waals surface area contributed by atoms with E-state index in [0.717, 1.165) is 57.8 Å². The molecule has 4 N–H and O–H groups in total. The van der Waals surface area contributed by atoms with Crippen molar-refractivity contribution in [2.24, 2.45) is 5.73 Å². The molecule has 0 aliphatic carbocycles. The summed E-state index contributed by atoms with van der Waals surface area (Å²) in [6.07, 6.45) is 37.0. The Kier molecular flexibility index (Phi) is 36.9. The highest BCUT2D eigenvalue weighted by molar-refractivity contribution is 7.47. The summed E-state index contributed by atoms with van der Waals surface area (Å²) in [5.74, 6) is -2.38. The van der Waals surface area contributed by atoms with Gasteiger partial charge in [-0.15, -0.1) is 0 Å². The van der Waals surface area contributed by atoms with Gasteiger partial charge in [0.25, 0.3) is 0 Å². The van der Waals surface area contributed by atoms with Gasteiger partial charge in [0.15, 0.2) is 6.10 Å². The summed E-state index contributed by atoms with van der Waals surface area (Å²) in [4.78, 5) is 45.9. The second kappa shape index (κ2) is 38.1. The van der Waals surface area contributed by atoms with Crippen molar-refractivity contribution >= 4 is 25.7 Å². The summed E-state index contributed by atoms with van der Waals surface area (Å²) in [6.45, 7) is 2.79. The summed E-state index contributed by atoms with van der Waals surface area (Å²) < 4.78 is 32.7. The number of unbranched alkanes of at least 4 members (excludes halogenated alkanes) is 25. The zero-order chi connectivity index (χ0) is 40.0. The fourth-order valence-electron chi connectivity index (χ4n) is 6.06. The second-order valence-electron chi connectivity index (χ2n) is 14.8. The normalized spacial score (nSPS) is 13.9. The standard InChI is InChI=1S/C42H80NO10P/c1-3-5-7-9-11-13-15-17-18-19-20-21-22-24-26-28-30-32-34-41(45)53-38(36-51-54(48,49)52-37-39(43)42(46)47)35-50-40(44)33-31-29-27-25-23-16-14-12-10-8-6-4-2/h12,14,38-39H,3-11,13,15-37,43H2,1-2H3,(H,46,47)(H,48,49)/b14-12+/t38-,39+/m1/s1. The third-order valence-corrected chi connectivity index (χ3v) is 10.5. The van der Waals surface area contributed by atoms with Crippen LogP contribution < -0.4 is 5.73 Å². The molecule has 0 radical (unpaired) electrons. The number of carbonyl (C=O) groups is 3. The predicted octanol–water partition coefficient (Wildman–Crippen LogP) is 11.3. The van der Waals surface area contributed by atoms with Crippen molar-refractivity contribution in [3.63, 3.8) is 0 Å². The average Bonchev–Trinajstić information content (AvgIpc) is 3.14. The minimum absolute atomic E-state index is 0.165. The Morgan fingerprint density at radius 2 is 0.926 bits per heavy atom. The number of carboxylic acids is 1. The number of hydrogen-bond donors (Lipinski definition) is 3. The number of phosphoric acid groups is 1. The van der Waals surface area contributed by atoms with E-state index in [2.05, 4.69) is 30.5 Å². The molecule has 12 heteroatoms. The third-order valence-electron chi connectivity index (χ3n) is 9.51. The van der Waals surface area contributed by atoms with Gasteiger partial charge in [0.2, 0.25) is 0 Å². The molecule has 11 nitrogen and oxygen atoms in total. The van der Waals surface area contributed by atoms with Crippen LogP contribution in [0.15, 0.2) is 12.2 Å². The first-order valence-corrected chi connectivity index (χ1v) is 23.2. The van der Waals surface area contributed by atoms with Crippen LogP contribution in [-0.2, 0) is 37.5 Å². The van der Waals surface area contributed by atoms with E-state index < -0.39 is 51.1 Å². The number of allylic oxidation sites excluding steroid dienone is 2. The second-order valence-corrected chi connectivity index (χ2v) is 16.3. The van der Waals surface area contributed by atoms with E-state index in [-0.39, 0.29) is 19.4 Å². The molecule has 0 aromatic rings. The topological polar surface area (TPSA) is 172 Å². The van der Waals surface area contributed by atoms with Gasteiger partial charge in [0, 0.05) is 12.8 Å². The van der Waals surface area contributed by atoms with E-state index in [1.807, 2.05) is 0 Å². The Balaban J connectivity index is 4.31. The maximum absolute atomic E-state index is 12.6. The van der Waals surface area contributed by atoms with Crippen molar-refractivity contribution in [3.8, 4) is 0 Å². The van der Waals surface area contributed by atoms with Gasteiger partial charge in [-0.05, 0) is 38.5 Å². The maximum atomic E-state index is 12.6. The molecule has 3 atom stereocenters. The average molecular weight is 790 g/mol. The fourth-order valence-corrected chi connectivity index (χ4v) is 6.84. The van der Waals surface area contributed by atoms with Crippen LogP contribution in [0.3, 0.4) is 0 Å². The van der Waals surface area contributed by atoms with E-state index >= 15 is 0 Å². The molecule has 54 heavy (non-hydrogen) atoms. The van der Waals surface area contributed by atoms with Crippen LogP contribution in [-0.4, -0.2) is 59.9 Å². The number of ether oxygens (including phenoxy) is 2. The molecule has 0 aliphatic heterocycles. The van der Waals surface area contributed by atoms with Crippen LogP contribution in [0, 0.1) is 0 Å². The van der Waals surface area contributed by atoms with Crippen LogP contribution in [0.4, 0.5) is 0 Å². The van der Waals surface area contributed by atoms with Gasteiger partial charge < -0.3 is 25.2 Å². The molecule has 318 valence electrons. The van der Waals surface area contributed by atoms with Gasteiger partial charge in [-0.25, -0.2) is 4.57 Å². The lowest BCUT2D eigenvalue weighted by Gasteiger charge is -2.20. The van der Waals surface area contributed by atoms with Gasteiger partial charge in [-0.2, -0.15) is 0 Å². The molecule has 0 saturated heterocycles. The van der Waals surface area contributed by atoms with Crippen LogP contribution in [0.1, 0.15) is 206 Å². The Hall–Kier alpha value is -1.78. The van der Waals surface area contributed by atoms with Gasteiger partial charge in [-0.1, -0.05) is 167 Å². The number of aliphatic carboxylic acids is 1. The fraction of sp³-hybridized carbons (Fsp3) is 0.881. The Morgan fingerprint density at radius 1 is 0.556 bits per heavy atom. The lowest BCUT2D eigenvalue weighted by molar-refractivity contribution is -0.161. The summed E-state index contributed by atoms with van der Waals surface area (Å²) >= 11 is 0. The van der Waals surface area contributed by atoms with E-state index in [0.29, 0.717) is 12.8 Å². The first-order valence-electron chi connectivity index (χ1n) is 21.7. The van der Waals surface area contributed by atoms with E-state index in [4.69, 9.17) is 24.8 Å². The number of hydrogen-bond acceptors (Lipinski definition) is 9. The van der Waals surface area contributed by atoms with Crippen molar-refractivity contribution < 1.29 is 47.5 Å². The van der Waals surface area contributed by atoms with Gasteiger partial charge in [0.1, 0.15) is 12.6 Å². The number of nitrogens with two attached hydrogens (primary N) is 1. The first-order chi connectivity index (χ1) is 26.1. The molecule has 0 aliphatic rings. The minimum atomic E-state index is -4.71. The predicted molar refractivity (Wildman–Crippen MR) is 217 cm³/mol. The first kappa shape index (κ1) is 52.2. The number of carboxylic acid groups (broad SMARTS) is 1. The summed E-state index contributed by atoms with van der Waals surface area (Å²) in [5, 5.41) is 8.88. The molecule has 0 aromatic carbocycles. The molecule has 0 fully saturated rings. The molecule has 0 rings (SSSR count). The Bertz CT molecular complexity index is 979. The third kappa shape index (κ3) is 37.2. The number of rotatable bonds is 41. The Morgan fingerprint density at radius 3 is 1.39 bits per heavy atom. The van der Waals surface area contributed by atoms with Crippen molar-refractivity contribution in [3.05, 3.63) is 12.2 Å². The van der Waals surface area contributed by atoms with E-state index in [9.17, 15) is 23.8 Å². The highest BCUT2D eigenvalue weighted by atomic mass is 31.2. The number of phosphoric ester groups is 1. The van der Waals surface area contributed by atoms with Gasteiger partial charge in [0.05, 0.1) is 13.2 Å². The molecule has 0 bridgehead atoms. The van der Waals surface area contributed by atoms with Crippen LogP contribution >= 0.6 is 7.82 Å². The van der Waals surface area contributed by atoms with Crippen molar-refractivity contribution in [1.29, 1.82) is 0 Å². The Labute approximate surface area is 328 Å². The van der Waals surface area contributed by atoms with E-state index in [1.165, 1.54) is 109 Å². The summed E-state index contributed by atoms with van der Waals surface area (Å²) in [7, 11) is -4.71. The number of esters is 2. The zero-order valence-electron chi connectivity index (χ0n) is 34.3. The summed E-state index contributed by atoms with van der Waals surface area (Å²) in [5.41, 5.74) is 5.33. The highest BCUT2D eigenvalue weighted by Crippen LogP contribution is 2.43. The quantitative estimate of drug-likeness (QED) is 0.0233. The lowest BCUT2D eigenvalue weighted by atomic mass is 10.0. The molecular formula is C42H80NO10P. The zero-order valence-corrected chi connectivity index (χ0v) is 35.2. The van der Waals surface area contributed by atoms with Crippen LogP contribution in [0.25, 0.3) is 0 Å². The minimum Gasteiger partial charge on any atom is -0.480 e. The van der Waals surface area contributed by atoms with Crippen LogP contribution in [0.2, 0.25) is 0 Å². The molecule has 0 spiro atoms. The van der Waals surface area contributed by atoms with Gasteiger partial charge >= 0.3 is 25.7 Å². The van der Waals surface area contributed by atoms with Crippen molar-refractivity contribution in [2.45, 2.75) is 219 Å². The molecule has 0 heterocycles. The molecule has 1 unspecified atom stereocenters. The maximum Gasteiger partial charge on any atom is 0.472 e.